The van der Waals surface area contributed by atoms with E-state index in [2.05, 4.69) is 63.2 Å². The normalized spacial score (nSPS) is 10.4. The van der Waals surface area contributed by atoms with E-state index in [-0.39, 0.29) is 0 Å². The van der Waals surface area contributed by atoms with Crippen LogP contribution in [0.3, 0.4) is 0 Å². The molecule has 0 aliphatic carbocycles. The maximum Gasteiger partial charge on any atom is 0.135 e. The van der Waals surface area contributed by atoms with Crippen molar-refractivity contribution in [3.63, 3.8) is 0 Å². The fourth-order valence-corrected chi connectivity index (χ4v) is 4.00. The van der Waals surface area contributed by atoms with Crippen LogP contribution in [0.2, 0.25) is 0 Å². The summed E-state index contributed by atoms with van der Waals surface area (Å²) >= 11 is 0. The summed E-state index contributed by atoms with van der Waals surface area (Å²) in [6, 6.07) is 36.8. The summed E-state index contributed by atoms with van der Waals surface area (Å²) in [7, 11) is 0. The van der Waals surface area contributed by atoms with Gasteiger partial charge in [-0.05, 0) is 90.7 Å². The molecule has 170 valence electrons. The summed E-state index contributed by atoms with van der Waals surface area (Å²) in [4.78, 5) is 0. The number of nitrogen functional groups attached to an aromatic ring is 1. The second-order valence-corrected chi connectivity index (χ2v) is 8.67. The predicted molar refractivity (Wildman–Crippen MR) is 145 cm³/mol. The van der Waals surface area contributed by atoms with Gasteiger partial charge in [-0.2, -0.15) is 0 Å². The standard InChI is InChI=1S/C16H19N.C16H12O/c1-11-8-15(9-12(2)13(11)3)10-14-4-6-16(17)7-5-14;1-2-9-14(10-3-1)17-16-12-6-8-13-7-4-5-11-15(13)16/h4-9H,10,17H2,1-3H3;1-12H. The minimum Gasteiger partial charge on any atom is -0.457 e. The zero-order valence-corrected chi connectivity index (χ0v) is 20.1. The van der Waals surface area contributed by atoms with E-state index in [0.29, 0.717) is 0 Å². The van der Waals surface area contributed by atoms with Gasteiger partial charge in [0.05, 0.1) is 0 Å². The molecule has 0 saturated heterocycles. The van der Waals surface area contributed by atoms with Gasteiger partial charge >= 0.3 is 0 Å². The van der Waals surface area contributed by atoms with Crippen molar-refractivity contribution in [2.45, 2.75) is 27.2 Å². The quantitative estimate of drug-likeness (QED) is 0.282. The topological polar surface area (TPSA) is 35.2 Å². The number of fused-ring (bicyclic) bond motifs is 1. The molecule has 0 spiro atoms. The summed E-state index contributed by atoms with van der Waals surface area (Å²) in [5.41, 5.74) is 13.3. The van der Waals surface area contributed by atoms with Crippen LogP contribution in [0.25, 0.3) is 10.8 Å². The van der Waals surface area contributed by atoms with Crippen LogP contribution in [0.15, 0.2) is 109 Å². The zero-order chi connectivity index (χ0) is 23.9. The van der Waals surface area contributed by atoms with Crippen molar-refractivity contribution in [3.8, 4) is 11.5 Å². The minimum absolute atomic E-state index is 0.824. The van der Waals surface area contributed by atoms with Gasteiger partial charge in [0.25, 0.3) is 0 Å². The average Bonchev–Trinajstić information content (AvgIpc) is 2.85. The minimum atomic E-state index is 0.824. The van der Waals surface area contributed by atoms with Crippen LogP contribution in [0.1, 0.15) is 27.8 Å². The summed E-state index contributed by atoms with van der Waals surface area (Å²) < 4.78 is 5.89. The Morgan fingerprint density at radius 2 is 1.24 bits per heavy atom. The number of para-hydroxylation sites is 1. The molecule has 0 aromatic heterocycles. The van der Waals surface area contributed by atoms with Crippen LogP contribution < -0.4 is 10.5 Å². The summed E-state index contributed by atoms with van der Waals surface area (Å²) in [6.07, 6.45) is 0.974. The van der Waals surface area contributed by atoms with E-state index >= 15 is 0 Å². The van der Waals surface area contributed by atoms with Gasteiger partial charge in [-0.3, -0.25) is 0 Å². The van der Waals surface area contributed by atoms with Crippen molar-refractivity contribution in [1.29, 1.82) is 0 Å². The molecule has 0 radical (unpaired) electrons. The third kappa shape index (κ3) is 5.85. The van der Waals surface area contributed by atoms with Gasteiger partial charge in [-0.15, -0.1) is 0 Å². The van der Waals surface area contributed by atoms with Crippen LogP contribution in [-0.2, 0) is 6.42 Å². The molecule has 0 unspecified atom stereocenters. The first kappa shape index (κ1) is 23.1. The fraction of sp³-hybridized carbons (Fsp3) is 0.125. The smallest absolute Gasteiger partial charge is 0.135 e. The van der Waals surface area contributed by atoms with E-state index in [4.69, 9.17) is 10.5 Å². The van der Waals surface area contributed by atoms with Crippen molar-refractivity contribution < 1.29 is 4.74 Å². The average molecular weight is 446 g/mol. The lowest BCUT2D eigenvalue weighted by Gasteiger charge is -2.09. The van der Waals surface area contributed by atoms with Crippen LogP contribution in [0.5, 0.6) is 11.5 Å². The molecule has 0 saturated carbocycles. The second-order valence-electron chi connectivity index (χ2n) is 8.67. The van der Waals surface area contributed by atoms with Gasteiger partial charge in [0.2, 0.25) is 0 Å². The molecule has 2 heteroatoms. The lowest BCUT2D eigenvalue weighted by molar-refractivity contribution is 0.488. The number of hydrogen-bond donors (Lipinski definition) is 1. The first-order chi connectivity index (χ1) is 16.5. The van der Waals surface area contributed by atoms with E-state index in [1.54, 1.807) is 0 Å². The molecule has 5 aromatic carbocycles. The molecule has 0 fully saturated rings. The second kappa shape index (κ2) is 10.7. The van der Waals surface area contributed by atoms with Gasteiger partial charge < -0.3 is 10.5 Å². The maximum atomic E-state index is 5.89. The number of aryl methyl sites for hydroxylation is 2. The van der Waals surface area contributed by atoms with Crippen LogP contribution >= 0.6 is 0 Å². The Labute approximate surface area is 202 Å². The lowest BCUT2D eigenvalue weighted by Crippen LogP contribution is -1.94. The highest BCUT2D eigenvalue weighted by atomic mass is 16.5. The van der Waals surface area contributed by atoms with Crippen molar-refractivity contribution in [3.05, 3.63) is 137 Å². The molecule has 5 rings (SSSR count). The van der Waals surface area contributed by atoms with Crippen molar-refractivity contribution in [1.82, 2.24) is 0 Å². The highest BCUT2D eigenvalue weighted by molar-refractivity contribution is 5.88. The summed E-state index contributed by atoms with van der Waals surface area (Å²) in [6.45, 7) is 6.53. The largest absolute Gasteiger partial charge is 0.457 e. The van der Waals surface area contributed by atoms with Crippen LogP contribution in [0, 0.1) is 20.8 Å². The number of ether oxygens (including phenoxy) is 1. The Bertz CT molecular complexity index is 1340. The molecule has 0 heterocycles. The Kier molecular flexibility index (Phi) is 7.29. The highest BCUT2D eigenvalue weighted by Gasteiger charge is 2.03. The molecule has 0 bridgehead atoms. The number of rotatable bonds is 4. The molecule has 0 atom stereocenters. The first-order valence-corrected chi connectivity index (χ1v) is 11.6. The van der Waals surface area contributed by atoms with E-state index in [9.17, 15) is 0 Å². The third-order valence-electron chi connectivity index (χ3n) is 6.10. The molecule has 2 nitrogen and oxygen atoms in total. The number of hydrogen-bond acceptors (Lipinski definition) is 2. The van der Waals surface area contributed by atoms with Crippen molar-refractivity contribution in [2.75, 3.05) is 5.73 Å². The molecule has 0 amide bonds. The van der Waals surface area contributed by atoms with Crippen LogP contribution in [-0.4, -0.2) is 0 Å². The molecule has 5 aromatic rings. The Hall–Kier alpha value is -4.04. The number of anilines is 1. The molecule has 34 heavy (non-hydrogen) atoms. The SMILES string of the molecule is Cc1cc(Cc2ccc(N)cc2)cc(C)c1C.c1ccc(Oc2cccc3ccccc23)cc1. The van der Waals surface area contributed by atoms with E-state index in [0.717, 1.165) is 29.0 Å². The first-order valence-electron chi connectivity index (χ1n) is 11.6. The maximum absolute atomic E-state index is 5.89. The molecular formula is C32H31NO. The van der Waals surface area contributed by atoms with Crippen molar-refractivity contribution >= 4 is 16.5 Å². The highest BCUT2D eigenvalue weighted by Crippen LogP contribution is 2.29. The van der Waals surface area contributed by atoms with E-state index in [1.807, 2.05) is 66.7 Å². The third-order valence-corrected chi connectivity index (χ3v) is 6.10. The summed E-state index contributed by atoms with van der Waals surface area (Å²) in [5.74, 6) is 1.76. The molecule has 0 aliphatic heterocycles. The van der Waals surface area contributed by atoms with E-state index < -0.39 is 0 Å². The van der Waals surface area contributed by atoms with Gasteiger partial charge in [-0.25, -0.2) is 0 Å². The Morgan fingerprint density at radius 3 is 1.94 bits per heavy atom. The van der Waals surface area contributed by atoms with Crippen molar-refractivity contribution in [2.24, 2.45) is 0 Å². The summed E-state index contributed by atoms with van der Waals surface area (Å²) in [5, 5.41) is 2.33. The molecule has 0 aliphatic rings. The van der Waals surface area contributed by atoms with Gasteiger partial charge in [0.15, 0.2) is 0 Å². The zero-order valence-electron chi connectivity index (χ0n) is 20.1. The monoisotopic (exact) mass is 445 g/mol. The number of benzene rings is 5. The Morgan fingerprint density at radius 1 is 0.618 bits per heavy atom. The molecule has 2 N–H and O–H groups in total. The number of nitrogens with two attached hydrogens (primary N) is 1. The van der Waals surface area contributed by atoms with E-state index in [1.165, 1.54) is 33.2 Å². The van der Waals surface area contributed by atoms with Gasteiger partial charge in [0.1, 0.15) is 11.5 Å². The Balaban J connectivity index is 0.000000161. The fourth-order valence-electron chi connectivity index (χ4n) is 4.00. The van der Waals surface area contributed by atoms with Crippen LogP contribution in [0.4, 0.5) is 5.69 Å². The van der Waals surface area contributed by atoms with Gasteiger partial charge in [0, 0.05) is 11.1 Å². The van der Waals surface area contributed by atoms with Gasteiger partial charge in [-0.1, -0.05) is 78.9 Å². The lowest BCUT2D eigenvalue weighted by atomic mass is 9.97. The predicted octanol–water partition coefficient (Wildman–Crippen LogP) is 8.42. The molecular weight excluding hydrogens is 414 g/mol.